The molecule has 1 aliphatic rings. The molecule has 0 bridgehead atoms. The van der Waals surface area contributed by atoms with Gasteiger partial charge in [0.2, 0.25) is 5.88 Å². The molecule has 21 heavy (non-hydrogen) atoms. The van der Waals surface area contributed by atoms with E-state index in [2.05, 4.69) is 4.98 Å². The number of aromatic nitrogens is 1. The van der Waals surface area contributed by atoms with E-state index in [1.807, 2.05) is 0 Å². The van der Waals surface area contributed by atoms with Gasteiger partial charge in [-0.1, -0.05) is 0 Å². The van der Waals surface area contributed by atoms with Crippen molar-refractivity contribution in [1.29, 1.82) is 0 Å². The zero-order valence-corrected chi connectivity index (χ0v) is 10.9. The van der Waals surface area contributed by atoms with Crippen LogP contribution in [-0.4, -0.2) is 16.1 Å². The molecule has 108 valence electrons. The predicted molar refractivity (Wildman–Crippen MR) is 69.7 cm³/mol. The molecule has 4 nitrogen and oxygen atoms in total. The Morgan fingerprint density at radius 1 is 1.19 bits per heavy atom. The Labute approximate surface area is 119 Å². The van der Waals surface area contributed by atoms with Crippen LogP contribution in [0.1, 0.15) is 28.0 Å². The summed E-state index contributed by atoms with van der Waals surface area (Å²) >= 11 is 0. The van der Waals surface area contributed by atoms with E-state index in [1.54, 1.807) is 0 Å². The summed E-state index contributed by atoms with van der Waals surface area (Å²) in [5.74, 6) is -3.33. The normalized spacial score (nSPS) is 13.0. The van der Waals surface area contributed by atoms with Crippen molar-refractivity contribution in [3.8, 4) is 11.6 Å². The lowest BCUT2D eigenvalue weighted by Gasteiger charge is -2.10. The Hall–Kier alpha value is -2.50. The third-order valence-corrected chi connectivity index (χ3v) is 3.35. The Morgan fingerprint density at radius 2 is 2.00 bits per heavy atom. The van der Waals surface area contributed by atoms with Crippen molar-refractivity contribution in [1.82, 2.24) is 4.98 Å². The zero-order valence-electron chi connectivity index (χ0n) is 10.9. The highest BCUT2D eigenvalue weighted by atomic mass is 19.2. The summed E-state index contributed by atoms with van der Waals surface area (Å²) in [4.78, 5) is 15.5. The van der Waals surface area contributed by atoms with E-state index < -0.39 is 17.6 Å². The lowest BCUT2D eigenvalue weighted by Crippen LogP contribution is -2.05. The number of carbonyl (C=O) groups is 1. The second kappa shape index (κ2) is 5.12. The molecular weight excluding hydrogens is 280 g/mol. The minimum atomic E-state index is -1.17. The minimum Gasteiger partial charge on any atom is -0.477 e. The monoisotopic (exact) mass is 291 g/mol. The smallest absolute Gasteiger partial charge is 0.341 e. The van der Waals surface area contributed by atoms with E-state index >= 15 is 0 Å². The maximum atomic E-state index is 13.2. The van der Waals surface area contributed by atoms with Gasteiger partial charge in [-0.3, -0.25) is 0 Å². The number of hydrogen-bond donors (Lipinski definition) is 1. The molecule has 0 amide bonds. The number of carboxylic acid groups (broad SMARTS) is 1. The molecule has 1 N–H and O–H groups in total. The Morgan fingerprint density at radius 3 is 2.71 bits per heavy atom. The Bertz CT molecular complexity index is 731. The van der Waals surface area contributed by atoms with Crippen molar-refractivity contribution < 1.29 is 23.4 Å². The van der Waals surface area contributed by atoms with E-state index in [9.17, 15) is 18.7 Å². The SMILES string of the molecule is O=C(O)c1cc2c(nc1Oc1ccc(F)c(F)c1)CCC2. The molecule has 0 saturated carbocycles. The average Bonchev–Trinajstić information content (AvgIpc) is 2.89. The lowest BCUT2D eigenvalue weighted by molar-refractivity contribution is 0.0693. The number of hydrogen-bond acceptors (Lipinski definition) is 3. The topological polar surface area (TPSA) is 59.4 Å². The molecule has 3 rings (SSSR count). The van der Waals surface area contributed by atoms with Crippen LogP contribution in [0.15, 0.2) is 24.3 Å². The molecule has 1 aliphatic carbocycles. The van der Waals surface area contributed by atoms with E-state index in [-0.39, 0.29) is 17.2 Å². The zero-order chi connectivity index (χ0) is 15.0. The van der Waals surface area contributed by atoms with E-state index in [1.165, 1.54) is 12.1 Å². The van der Waals surface area contributed by atoms with Crippen molar-refractivity contribution in [3.05, 3.63) is 52.7 Å². The minimum absolute atomic E-state index is 0.00171. The van der Waals surface area contributed by atoms with Gasteiger partial charge in [0, 0.05) is 11.8 Å². The highest BCUT2D eigenvalue weighted by Crippen LogP contribution is 2.30. The first-order chi connectivity index (χ1) is 10.0. The highest BCUT2D eigenvalue weighted by Gasteiger charge is 2.21. The summed E-state index contributed by atoms with van der Waals surface area (Å²) in [5.41, 5.74) is 1.60. The molecule has 1 heterocycles. The van der Waals surface area contributed by atoms with E-state index in [0.717, 1.165) is 42.7 Å². The predicted octanol–water partition coefficient (Wildman–Crippen LogP) is 3.34. The van der Waals surface area contributed by atoms with Gasteiger partial charge in [0.1, 0.15) is 11.3 Å². The van der Waals surface area contributed by atoms with Crippen LogP contribution in [-0.2, 0) is 12.8 Å². The largest absolute Gasteiger partial charge is 0.477 e. The van der Waals surface area contributed by atoms with Crippen LogP contribution in [0, 0.1) is 11.6 Å². The quantitative estimate of drug-likeness (QED) is 0.942. The number of aromatic carboxylic acids is 1. The standard InChI is InChI=1S/C15H11F2NO3/c16-11-5-4-9(7-12(11)17)21-14-10(15(19)20)6-8-2-1-3-13(8)18-14/h4-7H,1-3H2,(H,19,20). The van der Waals surface area contributed by atoms with Gasteiger partial charge < -0.3 is 9.84 Å². The fourth-order valence-corrected chi connectivity index (χ4v) is 2.34. The van der Waals surface area contributed by atoms with E-state index in [0.29, 0.717) is 0 Å². The van der Waals surface area contributed by atoms with Crippen molar-refractivity contribution in [2.24, 2.45) is 0 Å². The second-order valence-electron chi connectivity index (χ2n) is 4.78. The second-order valence-corrected chi connectivity index (χ2v) is 4.78. The van der Waals surface area contributed by atoms with E-state index in [4.69, 9.17) is 4.74 Å². The summed E-state index contributed by atoms with van der Waals surface area (Å²) in [7, 11) is 0. The van der Waals surface area contributed by atoms with Crippen LogP contribution >= 0.6 is 0 Å². The van der Waals surface area contributed by atoms with Crippen LogP contribution in [0.3, 0.4) is 0 Å². The van der Waals surface area contributed by atoms with Crippen LogP contribution in [0.5, 0.6) is 11.6 Å². The summed E-state index contributed by atoms with van der Waals surface area (Å²) in [5, 5.41) is 9.22. The fourth-order valence-electron chi connectivity index (χ4n) is 2.34. The first kappa shape index (κ1) is 13.5. The number of halogens is 2. The Balaban J connectivity index is 2.01. The molecule has 6 heteroatoms. The Kier molecular flexibility index (Phi) is 3.29. The molecule has 0 radical (unpaired) electrons. The first-order valence-corrected chi connectivity index (χ1v) is 6.43. The van der Waals surface area contributed by atoms with Crippen LogP contribution in [0.25, 0.3) is 0 Å². The van der Waals surface area contributed by atoms with Gasteiger partial charge in [-0.25, -0.2) is 18.6 Å². The number of fused-ring (bicyclic) bond motifs is 1. The van der Waals surface area contributed by atoms with Crippen LogP contribution in [0.4, 0.5) is 8.78 Å². The van der Waals surface area contributed by atoms with Crippen molar-refractivity contribution >= 4 is 5.97 Å². The maximum absolute atomic E-state index is 13.2. The molecule has 1 aromatic carbocycles. The molecule has 0 fully saturated rings. The first-order valence-electron chi connectivity index (χ1n) is 6.43. The number of carboxylic acids is 1. The molecule has 0 saturated heterocycles. The van der Waals surface area contributed by atoms with Gasteiger partial charge in [-0.05, 0) is 43.0 Å². The van der Waals surface area contributed by atoms with Crippen LogP contribution in [0.2, 0.25) is 0 Å². The number of aryl methyl sites for hydroxylation is 2. The summed E-state index contributed by atoms with van der Waals surface area (Å²) in [6, 6.07) is 4.53. The van der Waals surface area contributed by atoms with Gasteiger partial charge in [0.15, 0.2) is 11.6 Å². The number of rotatable bonds is 3. The molecule has 2 aromatic rings. The number of benzene rings is 1. The maximum Gasteiger partial charge on any atom is 0.341 e. The number of nitrogens with zero attached hydrogens (tertiary/aromatic N) is 1. The van der Waals surface area contributed by atoms with Crippen molar-refractivity contribution in [3.63, 3.8) is 0 Å². The highest BCUT2D eigenvalue weighted by molar-refractivity contribution is 5.90. The van der Waals surface area contributed by atoms with Crippen molar-refractivity contribution in [2.75, 3.05) is 0 Å². The summed E-state index contributed by atoms with van der Waals surface area (Å²) in [6.07, 6.45) is 2.45. The molecule has 0 atom stereocenters. The van der Waals surface area contributed by atoms with Gasteiger partial charge in [-0.2, -0.15) is 0 Å². The number of pyridine rings is 1. The fraction of sp³-hybridized carbons (Fsp3) is 0.200. The van der Waals surface area contributed by atoms with Crippen molar-refractivity contribution in [2.45, 2.75) is 19.3 Å². The molecule has 1 aromatic heterocycles. The molecule has 0 spiro atoms. The third-order valence-electron chi connectivity index (χ3n) is 3.35. The van der Waals surface area contributed by atoms with Gasteiger partial charge in [-0.15, -0.1) is 0 Å². The van der Waals surface area contributed by atoms with Gasteiger partial charge >= 0.3 is 5.97 Å². The van der Waals surface area contributed by atoms with Gasteiger partial charge in [0.05, 0.1) is 0 Å². The molecule has 0 aliphatic heterocycles. The van der Waals surface area contributed by atoms with Gasteiger partial charge in [0.25, 0.3) is 0 Å². The number of ether oxygens (including phenoxy) is 1. The summed E-state index contributed by atoms with van der Waals surface area (Å²) in [6.45, 7) is 0. The summed E-state index contributed by atoms with van der Waals surface area (Å²) < 4.78 is 31.4. The third kappa shape index (κ3) is 2.56. The van der Waals surface area contributed by atoms with Crippen LogP contribution < -0.4 is 4.74 Å². The molecular formula is C15H11F2NO3. The molecule has 0 unspecified atom stereocenters. The lowest BCUT2D eigenvalue weighted by atomic mass is 10.1. The average molecular weight is 291 g/mol.